The first kappa shape index (κ1) is 49.6. The van der Waals surface area contributed by atoms with E-state index in [2.05, 4.69) is 0 Å². The van der Waals surface area contributed by atoms with Gasteiger partial charge < -0.3 is 0 Å². The second-order valence-corrected chi connectivity index (χ2v) is 18.4. The van der Waals surface area contributed by atoms with E-state index < -0.39 is 47.0 Å². The number of nitrogens with zero attached hydrogens (tertiary/aromatic N) is 6. The summed E-state index contributed by atoms with van der Waals surface area (Å²) in [5.74, 6) is 0.312. The predicted octanol–water partition coefficient (Wildman–Crippen LogP) is 18.7. The summed E-state index contributed by atoms with van der Waals surface area (Å²) >= 11 is 0. The second kappa shape index (κ2) is 18.2. The zero-order chi connectivity index (χ0) is 54.5. The van der Waals surface area contributed by atoms with Gasteiger partial charge in [-0.1, -0.05) is 109 Å². The highest BCUT2D eigenvalue weighted by Gasteiger charge is 2.39. The number of hydrogen-bond acceptors (Lipinski definition) is 6. The Hall–Kier alpha value is -9.32. The number of aromatic nitrogens is 4. The van der Waals surface area contributed by atoms with Crippen LogP contribution in [-0.4, -0.2) is 19.9 Å². The van der Waals surface area contributed by atoms with E-state index in [9.17, 15) is 52.7 Å². The van der Waals surface area contributed by atoms with Crippen molar-refractivity contribution in [3.8, 4) is 44.8 Å². The summed E-state index contributed by atoms with van der Waals surface area (Å²) in [4.78, 5) is 24.3. The first-order valence-corrected chi connectivity index (χ1v) is 23.7. The van der Waals surface area contributed by atoms with Crippen molar-refractivity contribution in [2.45, 2.75) is 24.7 Å². The van der Waals surface area contributed by atoms with Gasteiger partial charge in [0.1, 0.15) is 0 Å². The molecular formula is C60H32F12N6. The summed E-state index contributed by atoms with van der Waals surface area (Å²) in [5.41, 5.74) is -1.31. The van der Waals surface area contributed by atoms with Crippen LogP contribution in [0.2, 0.25) is 0 Å². The molecule has 0 atom stereocenters. The molecule has 1 aliphatic rings. The molecule has 0 saturated heterocycles. The molecule has 0 N–H and O–H groups in total. The van der Waals surface area contributed by atoms with Crippen molar-refractivity contribution < 1.29 is 52.7 Å². The van der Waals surface area contributed by atoms with Crippen LogP contribution in [0, 0.1) is 0 Å². The molecule has 386 valence electrons. The van der Waals surface area contributed by atoms with Crippen molar-refractivity contribution in [3.05, 3.63) is 216 Å². The summed E-state index contributed by atoms with van der Waals surface area (Å²) < 4.78 is 168. The highest BCUT2D eigenvalue weighted by molar-refractivity contribution is 6.04. The maximum absolute atomic E-state index is 14.0. The van der Waals surface area contributed by atoms with E-state index in [-0.39, 0.29) is 79.1 Å². The van der Waals surface area contributed by atoms with E-state index in [4.69, 9.17) is 19.9 Å². The molecule has 0 fully saturated rings. The highest BCUT2D eigenvalue weighted by atomic mass is 19.4. The van der Waals surface area contributed by atoms with Gasteiger partial charge in [0.15, 0.2) is 23.3 Å². The molecular weight excluding hydrogens is 1030 g/mol. The minimum absolute atomic E-state index is 0.0190. The average Bonchev–Trinajstić information content (AvgIpc) is 3.42. The van der Waals surface area contributed by atoms with Crippen LogP contribution in [-0.2, 0) is 24.7 Å². The van der Waals surface area contributed by atoms with Gasteiger partial charge in [-0.15, -0.1) is 0 Å². The monoisotopic (exact) mass is 1060 g/mol. The van der Waals surface area contributed by atoms with Crippen molar-refractivity contribution in [1.29, 1.82) is 0 Å². The van der Waals surface area contributed by atoms with Crippen LogP contribution in [0.25, 0.3) is 77.3 Å². The third kappa shape index (κ3) is 9.01. The first-order valence-electron chi connectivity index (χ1n) is 23.7. The number of alkyl halides is 12. The van der Waals surface area contributed by atoms with Crippen LogP contribution in [0.4, 0.5) is 87.3 Å². The lowest BCUT2D eigenvalue weighted by atomic mass is 9.92. The Morgan fingerprint density at radius 2 is 0.551 bits per heavy atom. The highest BCUT2D eigenvalue weighted by Crippen LogP contribution is 2.54. The maximum Gasteiger partial charge on any atom is 0.416 e. The van der Waals surface area contributed by atoms with Gasteiger partial charge in [-0.25, -0.2) is 19.9 Å². The molecule has 1 aliphatic heterocycles. The average molecular weight is 1060 g/mol. The van der Waals surface area contributed by atoms with Crippen molar-refractivity contribution in [2.24, 2.45) is 0 Å². The fourth-order valence-electron chi connectivity index (χ4n) is 9.62. The molecule has 12 rings (SSSR count). The number of hydrogen-bond donors (Lipinski definition) is 0. The Kier molecular flexibility index (Phi) is 11.5. The zero-order valence-corrected chi connectivity index (χ0v) is 39.7. The summed E-state index contributed by atoms with van der Waals surface area (Å²) in [6, 6.07) is 45.6. The van der Waals surface area contributed by atoms with E-state index >= 15 is 0 Å². The summed E-state index contributed by atoms with van der Waals surface area (Å²) in [6.07, 6.45) is -18.8. The van der Waals surface area contributed by atoms with Crippen LogP contribution < -0.4 is 9.80 Å². The fraction of sp³-hybridized carbons (Fsp3) is 0.0667. The molecule has 0 unspecified atom stereocenters. The molecule has 6 nitrogen and oxygen atoms in total. The van der Waals surface area contributed by atoms with Crippen LogP contribution in [0.1, 0.15) is 22.3 Å². The van der Waals surface area contributed by atoms with E-state index in [0.717, 1.165) is 70.1 Å². The van der Waals surface area contributed by atoms with Crippen LogP contribution in [0.3, 0.4) is 0 Å². The van der Waals surface area contributed by atoms with Gasteiger partial charge in [0.2, 0.25) is 0 Å². The smallest absolute Gasteiger partial charge is 0.273 e. The number of halogens is 12. The molecule has 0 radical (unpaired) electrons. The SMILES string of the molecule is FC(F)(F)c1ccc(-c2cc3nc4c(nc3cc2-c2ccc(C(F)(F)F)cc2)N(c2ccc3ccccc3c2)c2nc(-c3ccc(C(F)(F)F)cc3)c(-c3ccc(C(F)(F)F)cc3)nc2N4c2ccc3ccccc3c2)cc1. The van der Waals surface area contributed by atoms with E-state index in [1.165, 1.54) is 48.5 Å². The van der Waals surface area contributed by atoms with E-state index in [0.29, 0.717) is 11.4 Å². The Balaban J connectivity index is 1.18. The van der Waals surface area contributed by atoms with Gasteiger partial charge in [0.05, 0.1) is 44.7 Å². The standard InChI is InChI=1S/C60H32F12N6/c61-57(62,63)41-19-9-35(10-20-41)47-31-49-50(32-48(47)36-11-21-42(22-12-36)58(64,65)66)74-54-53(73-49)77(45-27-17-33-5-1-3-7-39(33)29-45)55-56(78(54)46-28-18-34-6-2-4-8-40(34)30-46)76-52(38-15-25-44(26-16-38)60(70,71)72)51(75-55)37-13-23-43(24-14-37)59(67,68)69/h1-32H. The minimum atomic E-state index is -4.72. The lowest BCUT2D eigenvalue weighted by Crippen LogP contribution is -2.28. The van der Waals surface area contributed by atoms with Crippen molar-refractivity contribution >= 4 is 67.2 Å². The number of rotatable bonds is 6. The summed E-state index contributed by atoms with van der Waals surface area (Å²) in [6.45, 7) is 0. The van der Waals surface area contributed by atoms with Gasteiger partial charge in [0.25, 0.3) is 0 Å². The molecule has 0 bridgehead atoms. The normalized spacial score (nSPS) is 13.1. The summed E-state index contributed by atoms with van der Waals surface area (Å²) in [7, 11) is 0. The van der Waals surface area contributed by atoms with Crippen LogP contribution in [0.5, 0.6) is 0 Å². The van der Waals surface area contributed by atoms with Crippen LogP contribution >= 0.6 is 0 Å². The third-order valence-corrected chi connectivity index (χ3v) is 13.5. The maximum atomic E-state index is 14.0. The number of anilines is 6. The topological polar surface area (TPSA) is 58.0 Å². The van der Waals surface area contributed by atoms with Crippen molar-refractivity contribution in [3.63, 3.8) is 0 Å². The van der Waals surface area contributed by atoms with Gasteiger partial charge in [0, 0.05) is 22.5 Å². The first-order chi connectivity index (χ1) is 37.2. The van der Waals surface area contributed by atoms with Crippen molar-refractivity contribution in [1.82, 2.24) is 19.9 Å². The van der Waals surface area contributed by atoms with Crippen molar-refractivity contribution in [2.75, 3.05) is 9.80 Å². The molecule has 78 heavy (non-hydrogen) atoms. The minimum Gasteiger partial charge on any atom is -0.273 e. The molecule has 0 amide bonds. The predicted molar refractivity (Wildman–Crippen MR) is 275 cm³/mol. The van der Waals surface area contributed by atoms with Gasteiger partial charge in [-0.3, -0.25) is 9.80 Å². The van der Waals surface area contributed by atoms with Gasteiger partial charge in [-0.2, -0.15) is 52.7 Å². The molecule has 0 aliphatic carbocycles. The Morgan fingerprint density at radius 3 is 0.859 bits per heavy atom. The zero-order valence-electron chi connectivity index (χ0n) is 39.7. The molecule has 18 heteroatoms. The number of benzene rings is 9. The Morgan fingerprint density at radius 1 is 0.269 bits per heavy atom. The van der Waals surface area contributed by atoms with Gasteiger partial charge in [-0.05, 0) is 129 Å². The quantitative estimate of drug-likeness (QED) is 0.155. The molecule has 0 spiro atoms. The lowest BCUT2D eigenvalue weighted by Gasteiger charge is -2.37. The van der Waals surface area contributed by atoms with E-state index in [1.54, 1.807) is 34.1 Å². The van der Waals surface area contributed by atoms with Gasteiger partial charge >= 0.3 is 24.7 Å². The molecule has 11 aromatic rings. The molecule has 3 heterocycles. The molecule has 9 aromatic carbocycles. The van der Waals surface area contributed by atoms with E-state index in [1.807, 2.05) is 72.8 Å². The molecule has 0 saturated carbocycles. The lowest BCUT2D eigenvalue weighted by molar-refractivity contribution is -0.138. The van der Waals surface area contributed by atoms with Crippen LogP contribution in [0.15, 0.2) is 194 Å². The second-order valence-electron chi connectivity index (χ2n) is 18.4. The fourth-order valence-corrected chi connectivity index (χ4v) is 9.62. The Bertz CT molecular complexity index is 3870. The molecule has 2 aromatic heterocycles. The Labute approximate surface area is 434 Å². The third-order valence-electron chi connectivity index (χ3n) is 13.5. The number of fused-ring (bicyclic) bond motifs is 5. The summed E-state index contributed by atoms with van der Waals surface area (Å²) in [5, 5.41) is 3.19. The largest absolute Gasteiger partial charge is 0.416 e.